The molecule has 0 saturated carbocycles. The molecule has 0 unspecified atom stereocenters. The van der Waals surface area contributed by atoms with Gasteiger partial charge in [-0.15, -0.1) is 0 Å². The van der Waals surface area contributed by atoms with Gasteiger partial charge in [-0.1, -0.05) is 0 Å². The maximum atomic E-state index is 2.50. The zero-order chi connectivity index (χ0) is 8.32. The van der Waals surface area contributed by atoms with Crippen LogP contribution in [-0.4, -0.2) is 28.5 Å². The second-order valence-electron chi connectivity index (χ2n) is 3.31. The van der Waals surface area contributed by atoms with Crippen LogP contribution in [0.25, 0.3) is 0 Å². The van der Waals surface area contributed by atoms with Crippen LogP contribution in [0.2, 0.25) is 17.5 Å². The molecule has 0 fully saturated rings. The molecule has 2 radical (unpaired) electrons. The van der Waals surface area contributed by atoms with E-state index in [-0.39, 0.29) is 18.9 Å². The van der Waals surface area contributed by atoms with Crippen LogP contribution in [0.15, 0.2) is 30.3 Å². The van der Waals surface area contributed by atoms with Crippen molar-refractivity contribution in [3.8, 4) is 0 Å². The van der Waals surface area contributed by atoms with Crippen LogP contribution >= 0.6 is 0 Å². The zero-order valence-electron chi connectivity index (χ0n) is 7.29. The minimum absolute atomic E-state index is 0.193. The summed E-state index contributed by atoms with van der Waals surface area (Å²) >= 11 is -0.193. The van der Waals surface area contributed by atoms with Gasteiger partial charge in [0.1, 0.15) is 0 Å². The summed E-state index contributed by atoms with van der Waals surface area (Å²) in [4.78, 5) is 0. The van der Waals surface area contributed by atoms with E-state index in [1.165, 1.54) is 0 Å². The second kappa shape index (κ2) is 3.97. The van der Waals surface area contributed by atoms with Gasteiger partial charge in [0.05, 0.1) is 0 Å². The summed E-state index contributed by atoms with van der Waals surface area (Å²) in [6, 6.07) is 11.0. The van der Waals surface area contributed by atoms with E-state index in [1.54, 1.807) is 3.58 Å². The van der Waals surface area contributed by atoms with E-state index in [9.17, 15) is 0 Å². The Kier molecular flexibility index (Phi) is 3.47. The minimum atomic E-state index is -0.891. The molecule has 0 aliphatic rings. The van der Waals surface area contributed by atoms with Gasteiger partial charge in [0, 0.05) is 0 Å². The van der Waals surface area contributed by atoms with Crippen molar-refractivity contribution in [1.29, 1.82) is 0 Å². The Balaban J connectivity index is 2.66. The topological polar surface area (TPSA) is 0 Å². The Morgan fingerprint density at radius 3 is 2.00 bits per heavy atom. The zero-order valence-corrected chi connectivity index (χ0v) is 11.9. The summed E-state index contributed by atoms with van der Waals surface area (Å²) in [5.41, 5.74) is 0. The molecule has 0 saturated heterocycles. The first-order valence-corrected chi connectivity index (χ1v) is 17.1. The van der Waals surface area contributed by atoms with Crippen LogP contribution in [0.4, 0.5) is 0 Å². The quantitative estimate of drug-likeness (QED) is 0.730. The third-order valence-corrected chi connectivity index (χ3v) is 16.5. The van der Waals surface area contributed by atoms with Gasteiger partial charge in [-0.3, -0.25) is 0 Å². The van der Waals surface area contributed by atoms with Crippen LogP contribution in [0.1, 0.15) is 0 Å². The van der Waals surface area contributed by atoms with Crippen LogP contribution in [0, 0.1) is 0 Å². The van der Waals surface area contributed by atoms with Gasteiger partial charge in [-0.2, -0.15) is 0 Å². The predicted octanol–water partition coefficient (Wildman–Crippen LogP) is 1.85. The second-order valence-corrected chi connectivity index (χ2v) is 34.3. The summed E-state index contributed by atoms with van der Waals surface area (Å²) in [6.45, 7) is 0. The Hall–Kier alpha value is 0.538. The average Bonchev–Trinajstić information content (AvgIpc) is 1.85. The molecule has 1 rings (SSSR count). The molecule has 2 heteroatoms. The molecule has 60 valence electrons. The molecule has 0 bridgehead atoms. The Morgan fingerprint density at radius 2 is 1.55 bits per heavy atom. The van der Waals surface area contributed by atoms with E-state index in [4.69, 9.17) is 0 Å². The van der Waals surface area contributed by atoms with E-state index in [2.05, 4.69) is 47.8 Å². The van der Waals surface area contributed by atoms with Crippen molar-refractivity contribution < 1.29 is 0 Å². The molecule has 0 N–H and O–H groups in total. The number of hydrogen-bond acceptors (Lipinski definition) is 0. The maximum absolute atomic E-state index is 2.50. The Bertz CT molecular complexity index is 213. The van der Waals surface area contributed by atoms with E-state index in [0.717, 1.165) is 0 Å². The van der Waals surface area contributed by atoms with E-state index in [0.29, 0.717) is 0 Å². The molecule has 0 spiro atoms. The number of benzene rings is 1. The standard InChI is InChI=1S/C6H5.C3H9Se.Sn/c1-2-4-6-5-3-1;1-4(2)3;/h1-5H;1-3H3;/q;+1;-1. The van der Waals surface area contributed by atoms with E-state index in [1.807, 2.05) is 0 Å². The van der Waals surface area contributed by atoms with Crippen molar-refractivity contribution in [3.05, 3.63) is 30.3 Å². The van der Waals surface area contributed by atoms with Gasteiger partial charge >= 0.3 is 79.9 Å². The number of hydrogen-bond donors (Lipinski definition) is 0. The molecule has 0 heterocycles. The summed E-state index contributed by atoms with van der Waals surface area (Å²) in [5.74, 6) is 7.49. The van der Waals surface area contributed by atoms with Gasteiger partial charge in [-0.05, 0) is 0 Å². The van der Waals surface area contributed by atoms with E-state index < -0.39 is 9.61 Å². The van der Waals surface area contributed by atoms with Crippen LogP contribution in [0.5, 0.6) is 0 Å². The molecule has 0 aromatic heterocycles. The fraction of sp³-hybridized carbons (Fsp3) is 0.333. The normalized spacial score (nSPS) is 13.0. The fourth-order valence-electron chi connectivity index (χ4n) is 0.860. The predicted molar refractivity (Wildman–Crippen MR) is 55.2 cm³/mol. The van der Waals surface area contributed by atoms with Crippen LogP contribution in [-0.2, 0) is 0 Å². The third-order valence-electron chi connectivity index (χ3n) is 1.20. The summed E-state index contributed by atoms with van der Waals surface area (Å²) in [6.07, 6.45) is 0. The van der Waals surface area contributed by atoms with Gasteiger partial charge in [0.15, 0.2) is 0 Å². The van der Waals surface area contributed by atoms with Crippen molar-refractivity contribution in [1.82, 2.24) is 0 Å². The van der Waals surface area contributed by atoms with Gasteiger partial charge in [-0.25, -0.2) is 0 Å². The fourth-order valence-corrected chi connectivity index (χ4v) is 15.7. The summed E-state index contributed by atoms with van der Waals surface area (Å²) < 4.78 is 1.67. The van der Waals surface area contributed by atoms with Crippen molar-refractivity contribution >= 4 is 32.1 Å². The average molecular weight is 320 g/mol. The SMILES string of the molecule is C[Se](C)(C)[Sn][c]1ccccc1. The first-order valence-electron chi connectivity index (χ1n) is 3.59. The molecule has 11 heavy (non-hydrogen) atoms. The third kappa shape index (κ3) is 4.19. The van der Waals surface area contributed by atoms with E-state index >= 15 is 0 Å². The van der Waals surface area contributed by atoms with Crippen molar-refractivity contribution in [2.45, 2.75) is 17.5 Å². The monoisotopic (exact) mass is 322 g/mol. The Morgan fingerprint density at radius 1 is 1.00 bits per heavy atom. The van der Waals surface area contributed by atoms with Crippen molar-refractivity contribution in [3.63, 3.8) is 0 Å². The molecular weight excluding hydrogens is 306 g/mol. The molecule has 0 atom stereocenters. The first kappa shape index (κ1) is 9.62. The van der Waals surface area contributed by atoms with Crippen molar-refractivity contribution in [2.75, 3.05) is 0 Å². The first-order chi connectivity index (χ1) is 5.08. The van der Waals surface area contributed by atoms with Crippen LogP contribution in [0.3, 0.4) is 0 Å². The molecule has 0 nitrogen and oxygen atoms in total. The molecule has 0 aliphatic carbocycles. The van der Waals surface area contributed by atoms with Crippen LogP contribution < -0.4 is 3.58 Å². The molecule has 1 aromatic rings. The molecule has 0 aliphatic heterocycles. The summed E-state index contributed by atoms with van der Waals surface area (Å²) in [7, 11) is -0.891. The summed E-state index contributed by atoms with van der Waals surface area (Å²) in [5, 5.41) is 0. The van der Waals surface area contributed by atoms with Crippen molar-refractivity contribution in [2.24, 2.45) is 0 Å². The molecule has 1 aromatic carbocycles. The van der Waals surface area contributed by atoms with Gasteiger partial charge in [0.2, 0.25) is 0 Å². The molecular formula is C9H14SeSn. The number of rotatable bonds is 2. The van der Waals surface area contributed by atoms with Gasteiger partial charge < -0.3 is 0 Å². The molecule has 0 amide bonds. The van der Waals surface area contributed by atoms with Gasteiger partial charge in [0.25, 0.3) is 0 Å². The Labute approximate surface area is 79.5 Å².